The van der Waals surface area contributed by atoms with Gasteiger partial charge in [-0.25, -0.2) is 0 Å². The van der Waals surface area contributed by atoms with Gasteiger partial charge in [0.15, 0.2) is 0 Å². The van der Waals surface area contributed by atoms with Crippen molar-refractivity contribution in [1.82, 2.24) is 19.9 Å². The smallest absolute Gasteiger partial charge is 0.228 e. The van der Waals surface area contributed by atoms with Crippen LogP contribution in [-0.2, 0) is 0 Å². The Morgan fingerprint density at radius 1 is 1.12 bits per heavy atom. The van der Waals surface area contributed by atoms with Gasteiger partial charge in [0.25, 0.3) is 0 Å². The third kappa shape index (κ3) is 6.27. The van der Waals surface area contributed by atoms with E-state index in [1.165, 1.54) is 0 Å². The van der Waals surface area contributed by atoms with E-state index in [0.29, 0.717) is 5.95 Å². The molecule has 16 heavy (non-hydrogen) atoms. The highest BCUT2D eigenvalue weighted by Gasteiger charge is 2.01. The number of anilines is 1. The van der Waals surface area contributed by atoms with E-state index in [1.54, 1.807) is 0 Å². The van der Waals surface area contributed by atoms with Crippen molar-refractivity contribution < 1.29 is 0 Å². The minimum Gasteiger partial charge on any atom is -0.354 e. The van der Waals surface area contributed by atoms with Crippen molar-refractivity contribution in [2.45, 2.75) is 6.42 Å². The Hall–Kier alpha value is -0.360. The second-order valence-corrected chi connectivity index (χ2v) is 3.96. The molecule has 1 aromatic heterocycles. The summed E-state index contributed by atoms with van der Waals surface area (Å²) < 4.78 is 0. The summed E-state index contributed by atoms with van der Waals surface area (Å²) >= 11 is 11.2. The average molecular weight is 287 g/mol. The summed E-state index contributed by atoms with van der Waals surface area (Å²) in [6, 6.07) is 0. The lowest BCUT2D eigenvalue weighted by Crippen LogP contribution is -2.17. The number of aromatic nitrogens is 3. The average Bonchev–Trinajstić information content (AvgIpc) is 2.10. The molecule has 0 saturated heterocycles. The van der Waals surface area contributed by atoms with E-state index >= 15 is 0 Å². The molecule has 1 aromatic rings. The molecule has 0 aliphatic rings. The Morgan fingerprint density at radius 2 is 1.69 bits per heavy atom. The topological polar surface area (TPSA) is 53.9 Å². The first kappa shape index (κ1) is 15.6. The SMILES string of the molecule is CN(C)CCCNc1nc(Cl)nc(Cl)n1.Cl. The molecule has 0 aromatic carbocycles. The number of hydrogen-bond acceptors (Lipinski definition) is 5. The maximum Gasteiger partial charge on any atom is 0.228 e. The third-order valence-electron chi connectivity index (χ3n) is 1.65. The maximum absolute atomic E-state index is 5.62. The monoisotopic (exact) mass is 285 g/mol. The first-order valence-electron chi connectivity index (χ1n) is 4.53. The normalized spacial score (nSPS) is 10.1. The molecule has 5 nitrogen and oxygen atoms in total. The fraction of sp³-hybridized carbons (Fsp3) is 0.625. The van der Waals surface area contributed by atoms with Gasteiger partial charge in [-0.15, -0.1) is 12.4 Å². The Labute approximate surface area is 111 Å². The van der Waals surface area contributed by atoms with Crippen LogP contribution in [0.4, 0.5) is 5.95 Å². The van der Waals surface area contributed by atoms with Crippen molar-refractivity contribution in [2.24, 2.45) is 0 Å². The largest absolute Gasteiger partial charge is 0.354 e. The Kier molecular flexibility index (Phi) is 7.66. The minimum absolute atomic E-state index is 0. The molecule has 0 amide bonds. The molecule has 0 spiro atoms. The predicted molar refractivity (Wildman–Crippen MR) is 68.8 cm³/mol. The molecule has 0 unspecified atom stereocenters. The second-order valence-electron chi connectivity index (χ2n) is 3.28. The van der Waals surface area contributed by atoms with Crippen LogP contribution in [-0.4, -0.2) is 47.0 Å². The van der Waals surface area contributed by atoms with Gasteiger partial charge in [0, 0.05) is 6.54 Å². The lowest BCUT2D eigenvalue weighted by molar-refractivity contribution is 0.405. The van der Waals surface area contributed by atoms with E-state index in [0.717, 1.165) is 19.5 Å². The second kappa shape index (κ2) is 7.84. The molecule has 1 rings (SSSR count). The van der Waals surface area contributed by atoms with Crippen LogP contribution in [0, 0.1) is 0 Å². The number of nitrogens with zero attached hydrogens (tertiary/aromatic N) is 4. The zero-order valence-corrected chi connectivity index (χ0v) is 11.4. The van der Waals surface area contributed by atoms with E-state index in [2.05, 4.69) is 25.2 Å². The molecule has 1 heterocycles. The van der Waals surface area contributed by atoms with Gasteiger partial charge in [0.2, 0.25) is 16.5 Å². The van der Waals surface area contributed by atoms with Crippen LogP contribution >= 0.6 is 35.6 Å². The molecule has 0 radical (unpaired) electrons. The summed E-state index contributed by atoms with van der Waals surface area (Å²) in [6.45, 7) is 1.77. The summed E-state index contributed by atoms with van der Waals surface area (Å²) in [4.78, 5) is 13.5. The van der Waals surface area contributed by atoms with Gasteiger partial charge in [0.05, 0.1) is 0 Å². The van der Waals surface area contributed by atoms with Gasteiger partial charge < -0.3 is 10.2 Å². The van der Waals surface area contributed by atoms with Crippen LogP contribution in [0.5, 0.6) is 0 Å². The van der Waals surface area contributed by atoms with Gasteiger partial charge in [-0.3, -0.25) is 0 Å². The van der Waals surface area contributed by atoms with Gasteiger partial charge in [-0.2, -0.15) is 15.0 Å². The van der Waals surface area contributed by atoms with Gasteiger partial charge in [0.1, 0.15) is 0 Å². The summed E-state index contributed by atoms with van der Waals surface area (Å²) in [5.74, 6) is 0.416. The molecule has 0 aliphatic carbocycles. The molecule has 0 bridgehead atoms. The highest BCUT2D eigenvalue weighted by atomic mass is 35.5. The lowest BCUT2D eigenvalue weighted by Gasteiger charge is -2.09. The fourth-order valence-electron chi connectivity index (χ4n) is 1.00. The molecular weight excluding hydrogens is 272 g/mol. The molecular formula is C8H14Cl3N5. The molecule has 0 fully saturated rings. The van der Waals surface area contributed by atoms with E-state index in [1.807, 2.05) is 14.1 Å². The fourth-order valence-corrected chi connectivity index (χ4v) is 1.36. The number of nitrogens with one attached hydrogen (secondary N) is 1. The zero-order chi connectivity index (χ0) is 11.3. The van der Waals surface area contributed by atoms with E-state index in [-0.39, 0.29) is 23.0 Å². The van der Waals surface area contributed by atoms with Gasteiger partial charge in [-0.05, 0) is 50.3 Å². The van der Waals surface area contributed by atoms with Crippen LogP contribution in [0.1, 0.15) is 6.42 Å². The quantitative estimate of drug-likeness (QED) is 0.839. The molecule has 0 aliphatic heterocycles. The lowest BCUT2D eigenvalue weighted by atomic mass is 10.4. The molecule has 8 heteroatoms. The van der Waals surface area contributed by atoms with Crippen molar-refractivity contribution >= 4 is 41.6 Å². The van der Waals surface area contributed by atoms with Gasteiger partial charge in [-0.1, -0.05) is 0 Å². The molecule has 0 saturated carbocycles. The van der Waals surface area contributed by atoms with E-state index in [4.69, 9.17) is 23.2 Å². The first-order valence-corrected chi connectivity index (χ1v) is 5.29. The highest BCUT2D eigenvalue weighted by Crippen LogP contribution is 2.09. The molecule has 0 atom stereocenters. The van der Waals surface area contributed by atoms with Crippen molar-refractivity contribution in [3.8, 4) is 0 Å². The van der Waals surface area contributed by atoms with Gasteiger partial charge >= 0.3 is 0 Å². The Morgan fingerprint density at radius 3 is 2.19 bits per heavy atom. The summed E-state index contributed by atoms with van der Waals surface area (Å²) in [7, 11) is 4.05. The number of halogens is 3. The van der Waals surface area contributed by atoms with Crippen molar-refractivity contribution in [3.63, 3.8) is 0 Å². The third-order valence-corrected chi connectivity index (χ3v) is 1.98. The van der Waals surface area contributed by atoms with Crippen LogP contribution < -0.4 is 5.32 Å². The Bertz CT molecular complexity index is 300. The summed E-state index contributed by atoms with van der Waals surface area (Å²) in [6.07, 6.45) is 0.994. The van der Waals surface area contributed by atoms with E-state index < -0.39 is 0 Å². The first-order chi connectivity index (χ1) is 7.08. The highest BCUT2D eigenvalue weighted by molar-refractivity contribution is 6.31. The summed E-state index contributed by atoms with van der Waals surface area (Å²) in [5, 5.41) is 3.23. The van der Waals surface area contributed by atoms with Crippen LogP contribution in [0.3, 0.4) is 0 Å². The van der Waals surface area contributed by atoms with Crippen LogP contribution in [0.2, 0.25) is 10.6 Å². The predicted octanol–water partition coefficient (Wildman–Crippen LogP) is 1.96. The van der Waals surface area contributed by atoms with Crippen LogP contribution in [0.25, 0.3) is 0 Å². The van der Waals surface area contributed by atoms with Crippen LogP contribution in [0.15, 0.2) is 0 Å². The van der Waals surface area contributed by atoms with E-state index in [9.17, 15) is 0 Å². The standard InChI is InChI=1S/C8H13Cl2N5.ClH/c1-15(2)5-3-4-11-8-13-6(9)12-7(10)14-8;/h3-5H2,1-2H3,(H,11,12,13,14);1H. The zero-order valence-electron chi connectivity index (χ0n) is 9.07. The molecule has 1 N–H and O–H groups in total. The minimum atomic E-state index is 0. The molecule has 92 valence electrons. The maximum atomic E-state index is 5.62. The Balaban J connectivity index is 0.00000225. The van der Waals surface area contributed by atoms with Crippen molar-refractivity contribution in [2.75, 3.05) is 32.5 Å². The summed E-state index contributed by atoms with van der Waals surface area (Å²) in [5.41, 5.74) is 0. The number of hydrogen-bond donors (Lipinski definition) is 1. The number of rotatable bonds is 5. The van der Waals surface area contributed by atoms with Crippen molar-refractivity contribution in [3.05, 3.63) is 10.6 Å². The van der Waals surface area contributed by atoms with Crippen molar-refractivity contribution in [1.29, 1.82) is 0 Å².